The number of hydrogen-bond donors (Lipinski definition) is 3. The van der Waals surface area contributed by atoms with Crippen LogP contribution in [0.5, 0.6) is 0 Å². The highest BCUT2D eigenvalue weighted by Crippen LogP contribution is 2.27. The highest BCUT2D eigenvalue weighted by Gasteiger charge is 2.57. The minimum atomic E-state index is -1.33. The molecule has 0 spiro atoms. The van der Waals surface area contributed by atoms with E-state index in [1.165, 1.54) is 38.0 Å². The van der Waals surface area contributed by atoms with Gasteiger partial charge in [-0.05, 0) is 0 Å². The van der Waals surface area contributed by atoms with Gasteiger partial charge in [0.25, 0.3) is 0 Å². The quantitative estimate of drug-likeness (QED) is 0.315. The van der Waals surface area contributed by atoms with Crippen molar-refractivity contribution < 1.29 is 48.8 Å². The van der Waals surface area contributed by atoms with Gasteiger partial charge in [0.1, 0.15) is 0 Å². The van der Waals surface area contributed by atoms with Crippen LogP contribution in [0.25, 0.3) is 0 Å². The Bertz CT molecular complexity index is 685. The monoisotopic (exact) mass is 418 g/mol. The fraction of sp³-hybridized carbons (Fsp3) is 0.600. The molecule has 4 amide bonds. The Labute approximate surface area is 164 Å². The van der Waals surface area contributed by atoms with Gasteiger partial charge < -0.3 is 39.7 Å². The molecule has 3 heterocycles. The van der Waals surface area contributed by atoms with Crippen molar-refractivity contribution in [2.45, 2.75) is 24.2 Å². The van der Waals surface area contributed by atoms with Crippen molar-refractivity contribution in [3.05, 3.63) is 0 Å². The molecule has 3 rings (SSSR count). The number of likely N-dealkylation sites (N-methyl/N-ethyl adjacent to an activating group) is 4. The maximum atomic E-state index is 11.3. The number of carboxylic acid groups (broad SMARTS) is 2. The lowest BCUT2D eigenvalue weighted by Crippen LogP contribution is -2.46. The SMILES string of the molecule is CN1C(=O)N(C)[C@@H](C(=O)O)[C@H]1C(=O)O.CN1C(=O)N(C)[C@H]2C(=O)OC(=O)[C@H]21.CO. The van der Waals surface area contributed by atoms with Crippen LogP contribution in [0.15, 0.2) is 0 Å². The van der Waals surface area contributed by atoms with Crippen molar-refractivity contribution in [1.29, 1.82) is 0 Å². The van der Waals surface area contributed by atoms with Crippen molar-refractivity contribution in [3.8, 4) is 0 Å². The molecule has 3 aliphatic heterocycles. The third-order valence-electron chi connectivity index (χ3n) is 4.66. The molecule has 3 saturated heterocycles. The van der Waals surface area contributed by atoms with Gasteiger partial charge >= 0.3 is 35.9 Å². The summed E-state index contributed by atoms with van der Waals surface area (Å²) in [4.78, 5) is 70.5. The minimum Gasteiger partial charge on any atom is -0.480 e. The first-order valence-electron chi connectivity index (χ1n) is 8.06. The van der Waals surface area contributed by atoms with Crippen LogP contribution in [-0.2, 0) is 23.9 Å². The van der Waals surface area contributed by atoms with Crippen LogP contribution in [0.3, 0.4) is 0 Å². The highest BCUT2D eigenvalue weighted by atomic mass is 16.6. The number of ether oxygens (including phenoxy) is 1. The molecule has 3 aliphatic rings. The average Bonchev–Trinajstić information content (AvgIpc) is 3.17. The number of amides is 4. The standard InChI is InChI=1S/C7H10N2O5.C7H8N2O4.CH4O/c1-8-3(5(10)11)4(6(12)13)9(2)7(8)14;1-8-3-4(9(2)7(8)12)6(11)13-5(3)10;1-2/h3-4H,1-2H3,(H,10,11)(H,12,13);3-4H,1-2H3;2H,1H3/t2*3-,4+;. The van der Waals surface area contributed by atoms with Crippen LogP contribution in [-0.4, -0.2) is 130 Å². The van der Waals surface area contributed by atoms with E-state index in [4.69, 9.17) is 15.3 Å². The molecule has 14 heteroatoms. The van der Waals surface area contributed by atoms with E-state index in [2.05, 4.69) is 4.74 Å². The molecule has 4 atom stereocenters. The van der Waals surface area contributed by atoms with Gasteiger partial charge in [0, 0.05) is 35.3 Å². The smallest absolute Gasteiger partial charge is 0.339 e. The maximum absolute atomic E-state index is 11.3. The van der Waals surface area contributed by atoms with E-state index in [0.717, 1.165) is 16.9 Å². The summed E-state index contributed by atoms with van der Waals surface area (Å²) in [5, 5.41) is 24.5. The number of aliphatic carboxylic acids is 2. The summed E-state index contributed by atoms with van der Waals surface area (Å²) in [5.74, 6) is -3.93. The fourth-order valence-electron chi connectivity index (χ4n) is 3.22. The lowest BCUT2D eigenvalue weighted by atomic mass is 10.1. The van der Waals surface area contributed by atoms with Gasteiger partial charge in [-0.15, -0.1) is 0 Å². The molecule has 0 aromatic rings. The summed E-state index contributed by atoms with van der Waals surface area (Å²) in [6.07, 6.45) is 0. The van der Waals surface area contributed by atoms with Crippen molar-refractivity contribution in [2.75, 3.05) is 35.3 Å². The third-order valence-corrected chi connectivity index (χ3v) is 4.66. The lowest BCUT2D eigenvalue weighted by molar-refractivity contribution is -0.154. The average molecular weight is 418 g/mol. The first-order chi connectivity index (χ1) is 13.4. The van der Waals surface area contributed by atoms with Gasteiger partial charge in [0.2, 0.25) is 0 Å². The zero-order valence-corrected chi connectivity index (χ0v) is 16.3. The molecule has 29 heavy (non-hydrogen) atoms. The van der Waals surface area contributed by atoms with Crippen LogP contribution >= 0.6 is 0 Å². The van der Waals surface area contributed by atoms with Crippen molar-refractivity contribution >= 4 is 35.9 Å². The summed E-state index contributed by atoms with van der Waals surface area (Å²) in [6, 6.07) is -5.12. The van der Waals surface area contributed by atoms with Gasteiger partial charge in [0.15, 0.2) is 24.2 Å². The number of fused-ring (bicyclic) bond motifs is 1. The lowest BCUT2D eigenvalue weighted by Gasteiger charge is -2.16. The van der Waals surface area contributed by atoms with Crippen LogP contribution in [0, 0.1) is 0 Å². The Morgan fingerprint density at radius 3 is 1.24 bits per heavy atom. The molecular formula is C15H22N4O10. The van der Waals surface area contributed by atoms with Gasteiger partial charge in [-0.3, -0.25) is 0 Å². The van der Waals surface area contributed by atoms with Crippen LogP contribution in [0.4, 0.5) is 9.59 Å². The number of nitrogens with zero attached hydrogens (tertiary/aromatic N) is 4. The molecule has 3 fully saturated rings. The van der Waals surface area contributed by atoms with E-state index in [1.54, 1.807) is 0 Å². The Morgan fingerprint density at radius 2 is 0.966 bits per heavy atom. The number of esters is 2. The number of aliphatic hydroxyl groups is 1. The predicted molar refractivity (Wildman–Crippen MR) is 91.5 cm³/mol. The summed E-state index contributed by atoms with van der Waals surface area (Å²) in [5.41, 5.74) is 0. The van der Waals surface area contributed by atoms with Crippen LogP contribution in [0.1, 0.15) is 0 Å². The van der Waals surface area contributed by atoms with Crippen LogP contribution in [0.2, 0.25) is 0 Å². The number of cyclic esters (lactones) is 2. The fourth-order valence-corrected chi connectivity index (χ4v) is 3.22. The van der Waals surface area contributed by atoms with Crippen molar-refractivity contribution in [1.82, 2.24) is 19.6 Å². The predicted octanol–water partition coefficient (Wildman–Crippen LogP) is -2.70. The Hall–Kier alpha value is -3.42. The molecule has 0 saturated carbocycles. The minimum absolute atomic E-state index is 0.333. The van der Waals surface area contributed by atoms with Gasteiger partial charge in [0.05, 0.1) is 0 Å². The first kappa shape index (κ1) is 23.6. The van der Waals surface area contributed by atoms with E-state index in [1.807, 2.05) is 0 Å². The van der Waals surface area contributed by atoms with Crippen molar-refractivity contribution in [3.63, 3.8) is 0 Å². The Morgan fingerprint density at radius 1 is 0.690 bits per heavy atom. The first-order valence-corrected chi connectivity index (χ1v) is 8.06. The van der Waals surface area contributed by atoms with E-state index in [-0.39, 0.29) is 6.03 Å². The second kappa shape index (κ2) is 8.72. The van der Waals surface area contributed by atoms with Gasteiger partial charge in [-0.25, -0.2) is 28.8 Å². The number of carbonyl (C=O) groups excluding carboxylic acids is 4. The van der Waals surface area contributed by atoms with E-state index >= 15 is 0 Å². The van der Waals surface area contributed by atoms with Gasteiger partial charge in [-0.2, -0.15) is 0 Å². The van der Waals surface area contributed by atoms with E-state index < -0.39 is 54.1 Å². The molecule has 0 aromatic heterocycles. The van der Waals surface area contributed by atoms with Gasteiger partial charge in [-0.1, -0.05) is 0 Å². The molecule has 0 unspecified atom stereocenters. The third kappa shape index (κ3) is 3.91. The summed E-state index contributed by atoms with van der Waals surface area (Å²) < 4.78 is 4.40. The Kier molecular flexibility index (Phi) is 7.11. The second-order valence-corrected chi connectivity index (χ2v) is 6.20. The zero-order chi connectivity index (χ0) is 22.8. The highest BCUT2D eigenvalue weighted by molar-refractivity contribution is 6.06. The molecule has 0 radical (unpaired) electrons. The Balaban J connectivity index is 0.000000268. The number of rotatable bonds is 2. The molecule has 162 valence electrons. The summed E-state index contributed by atoms with van der Waals surface area (Å²) in [7, 11) is 6.48. The largest absolute Gasteiger partial charge is 0.480 e. The molecule has 0 aromatic carbocycles. The maximum Gasteiger partial charge on any atom is 0.339 e. The number of carbonyl (C=O) groups is 6. The normalized spacial score (nSPS) is 27.8. The van der Waals surface area contributed by atoms with E-state index in [9.17, 15) is 28.8 Å². The number of urea groups is 2. The second-order valence-electron chi connectivity index (χ2n) is 6.20. The number of carboxylic acids is 2. The molecule has 0 bridgehead atoms. The number of aliphatic hydroxyl groups excluding tert-OH is 1. The zero-order valence-electron chi connectivity index (χ0n) is 16.3. The molecular weight excluding hydrogens is 396 g/mol. The summed E-state index contributed by atoms with van der Waals surface area (Å²) in [6.45, 7) is 0. The van der Waals surface area contributed by atoms with Crippen molar-refractivity contribution in [2.24, 2.45) is 0 Å². The molecule has 0 aliphatic carbocycles. The summed E-state index contributed by atoms with van der Waals surface area (Å²) >= 11 is 0. The number of hydrogen-bond acceptors (Lipinski definition) is 8. The molecule has 3 N–H and O–H groups in total. The molecule has 14 nitrogen and oxygen atoms in total. The van der Waals surface area contributed by atoms with E-state index in [0.29, 0.717) is 0 Å². The topological polar surface area (TPSA) is 185 Å². The van der Waals surface area contributed by atoms with Crippen LogP contribution < -0.4 is 0 Å².